The van der Waals surface area contributed by atoms with Crippen molar-refractivity contribution in [3.05, 3.63) is 11.9 Å². The van der Waals surface area contributed by atoms with E-state index in [0.717, 1.165) is 12.5 Å². The van der Waals surface area contributed by atoms with Gasteiger partial charge < -0.3 is 10.2 Å². The molecule has 64 valence electrons. The van der Waals surface area contributed by atoms with E-state index in [4.69, 9.17) is 10.2 Å². The zero-order chi connectivity index (χ0) is 8.72. The minimum absolute atomic E-state index is 0.156. The molecule has 2 rings (SSSR count). The lowest BCUT2D eigenvalue weighted by atomic mass is 10.3. The smallest absolute Gasteiger partial charge is 0.217 e. The molecule has 12 heavy (non-hydrogen) atoms. The molecule has 1 fully saturated rings. The van der Waals surface area contributed by atoms with Crippen LogP contribution in [0.2, 0.25) is 0 Å². The van der Waals surface area contributed by atoms with Crippen LogP contribution >= 0.6 is 0 Å². The molecule has 0 radical (unpaired) electrons. The van der Waals surface area contributed by atoms with E-state index in [2.05, 4.69) is 16.9 Å². The molecule has 0 bridgehead atoms. The van der Waals surface area contributed by atoms with E-state index in [-0.39, 0.29) is 11.8 Å². The second-order valence-corrected chi connectivity index (χ2v) is 3.26. The summed E-state index contributed by atoms with van der Waals surface area (Å²) >= 11 is 0. The Bertz CT molecular complexity index is 294. The molecule has 0 aliphatic heterocycles. The summed E-state index contributed by atoms with van der Waals surface area (Å²) in [4.78, 5) is 7.66. The number of hydrogen-bond acceptors (Lipinski definition) is 4. The number of aromatic hydroxyl groups is 2. The molecule has 0 amide bonds. The molecular weight excluding hydrogens is 156 g/mol. The third-order valence-corrected chi connectivity index (χ3v) is 2.16. The van der Waals surface area contributed by atoms with Gasteiger partial charge in [-0.05, 0) is 12.3 Å². The van der Waals surface area contributed by atoms with Crippen LogP contribution in [-0.2, 0) is 0 Å². The van der Waals surface area contributed by atoms with Crippen molar-refractivity contribution in [1.29, 1.82) is 0 Å². The first-order valence-corrected chi connectivity index (χ1v) is 3.93. The number of nitrogens with zero attached hydrogens (tertiary/aromatic N) is 2. The maximum absolute atomic E-state index is 9.05. The summed E-state index contributed by atoms with van der Waals surface area (Å²) in [6, 6.07) is 1.14. The van der Waals surface area contributed by atoms with E-state index in [9.17, 15) is 0 Å². The van der Waals surface area contributed by atoms with Gasteiger partial charge in [-0.3, -0.25) is 0 Å². The predicted octanol–water partition coefficient (Wildman–Crippen LogP) is 1.01. The Balaban J connectivity index is 2.32. The maximum atomic E-state index is 9.05. The lowest BCUT2D eigenvalue weighted by Crippen LogP contribution is -1.92. The van der Waals surface area contributed by atoms with Crippen molar-refractivity contribution in [2.24, 2.45) is 5.92 Å². The van der Waals surface area contributed by atoms with Crippen LogP contribution in [0.1, 0.15) is 25.1 Å². The number of aromatic nitrogens is 2. The zero-order valence-corrected chi connectivity index (χ0v) is 6.73. The molecule has 2 atom stereocenters. The summed E-state index contributed by atoms with van der Waals surface area (Å²) < 4.78 is 0. The summed E-state index contributed by atoms with van der Waals surface area (Å²) in [5.74, 6) is 1.14. The summed E-state index contributed by atoms with van der Waals surface area (Å²) in [6.07, 6.45) is 1.04. The SMILES string of the molecule is CC1CC1c1nc(O)cc(O)n1. The predicted molar refractivity (Wildman–Crippen MR) is 41.9 cm³/mol. The van der Waals surface area contributed by atoms with Gasteiger partial charge >= 0.3 is 0 Å². The molecule has 1 aliphatic rings. The van der Waals surface area contributed by atoms with Gasteiger partial charge in [-0.2, -0.15) is 9.97 Å². The van der Waals surface area contributed by atoms with Gasteiger partial charge in [0.05, 0.1) is 6.07 Å². The molecule has 1 aliphatic carbocycles. The molecule has 4 nitrogen and oxygen atoms in total. The highest BCUT2D eigenvalue weighted by atomic mass is 16.3. The van der Waals surface area contributed by atoms with E-state index in [1.165, 1.54) is 0 Å². The highest BCUT2D eigenvalue weighted by Gasteiger charge is 2.37. The van der Waals surface area contributed by atoms with Gasteiger partial charge in [-0.25, -0.2) is 0 Å². The first kappa shape index (κ1) is 7.34. The molecule has 0 spiro atoms. The van der Waals surface area contributed by atoms with Gasteiger partial charge in [0.1, 0.15) is 5.82 Å². The normalized spacial score (nSPS) is 27.1. The Morgan fingerprint density at radius 2 is 1.83 bits per heavy atom. The fraction of sp³-hybridized carbons (Fsp3) is 0.500. The second-order valence-electron chi connectivity index (χ2n) is 3.26. The Morgan fingerprint density at radius 3 is 2.25 bits per heavy atom. The van der Waals surface area contributed by atoms with Gasteiger partial charge in [0.2, 0.25) is 11.8 Å². The van der Waals surface area contributed by atoms with Crippen molar-refractivity contribution >= 4 is 0 Å². The Kier molecular flexibility index (Phi) is 1.43. The van der Waals surface area contributed by atoms with Crippen molar-refractivity contribution < 1.29 is 10.2 Å². The first-order chi connectivity index (χ1) is 5.66. The fourth-order valence-corrected chi connectivity index (χ4v) is 1.29. The summed E-state index contributed by atoms with van der Waals surface area (Å²) in [5.41, 5.74) is 0. The molecule has 1 heterocycles. The Hall–Kier alpha value is -1.32. The Labute approximate surface area is 69.9 Å². The van der Waals surface area contributed by atoms with Crippen LogP contribution in [0.15, 0.2) is 6.07 Å². The third-order valence-electron chi connectivity index (χ3n) is 2.16. The molecule has 1 aromatic heterocycles. The van der Waals surface area contributed by atoms with Crippen LogP contribution in [0.5, 0.6) is 11.8 Å². The van der Waals surface area contributed by atoms with E-state index >= 15 is 0 Å². The lowest BCUT2D eigenvalue weighted by molar-refractivity contribution is 0.416. The quantitative estimate of drug-likeness (QED) is 0.653. The highest BCUT2D eigenvalue weighted by Crippen LogP contribution is 2.45. The van der Waals surface area contributed by atoms with Crippen molar-refractivity contribution in [3.63, 3.8) is 0 Å². The monoisotopic (exact) mass is 166 g/mol. The third kappa shape index (κ3) is 1.20. The molecule has 2 N–H and O–H groups in total. The molecular formula is C8H10N2O2. The maximum Gasteiger partial charge on any atom is 0.217 e. The molecule has 2 unspecified atom stereocenters. The van der Waals surface area contributed by atoms with Crippen LogP contribution in [-0.4, -0.2) is 20.2 Å². The van der Waals surface area contributed by atoms with Gasteiger partial charge in [0, 0.05) is 5.92 Å². The van der Waals surface area contributed by atoms with E-state index in [1.54, 1.807) is 0 Å². The van der Waals surface area contributed by atoms with Crippen LogP contribution in [0.25, 0.3) is 0 Å². The molecule has 0 saturated heterocycles. The molecule has 1 aromatic rings. The largest absolute Gasteiger partial charge is 0.493 e. The van der Waals surface area contributed by atoms with Crippen LogP contribution in [0.4, 0.5) is 0 Å². The van der Waals surface area contributed by atoms with E-state index < -0.39 is 0 Å². The standard InChI is InChI=1S/C8H10N2O2/c1-4-2-5(4)8-9-6(11)3-7(12)10-8/h3-5H,2H2,1H3,(H2,9,10,11,12). The summed E-state index contributed by atoms with van der Waals surface area (Å²) in [7, 11) is 0. The van der Waals surface area contributed by atoms with Crippen LogP contribution in [0.3, 0.4) is 0 Å². The second kappa shape index (κ2) is 2.33. The highest BCUT2D eigenvalue weighted by molar-refractivity contribution is 5.22. The van der Waals surface area contributed by atoms with Crippen LogP contribution < -0.4 is 0 Å². The zero-order valence-electron chi connectivity index (χ0n) is 6.73. The van der Waals surface area contributed by atoms with Crippen molar-refractivity contribution in [1.82, 2.24) is 9.97 Å². The summed E-state index contributed by atoms with van der Waals surface area (Å²) in [6.45, 7) is 2.09. The summed E-state index contributed by atoms with van der Waals surface area (Å²) in [5, 5.41) is 18.1. The van der Waals surface area contributed by atoms with Gasteiger partial charge in [0.15, 0.2) is 0 Å². The minimum Gasteiger partial charge on any atom is -0.493 e. The molecule has 4 heteroatoms. The van der Waals surface area contributed by atoms with E-state index in [0.29, 0.717) is 17.7 Å². The van der Waals surface area contributed by atoms with Gasteiger partial charge in [-0.1, -0.05) is 6.92 Å². The van der Waals surface area contributed by atoms with Crippen molar-refractivity contribution in [2.45, 2.75) is 19.3 Å². The first-order valence-electron chi connectivity index (χ1n) is 3.93. The average Bonchev–Trinajstić information content (AvgIpc) is 2.64. The van der Waals surface area contributed by atoms with Gasteiger partial charge in [-0.15, -0.1) is 0 Å². The fourth-order valence-electron chi connectivity index (χ4n) is 1.29. The van der Waals surface area contributed by atoms with Gasteiger partial charge in [0.25, 0.3) is 0 Å². The molecule has 0 aromatic carbocycles. The molecule has 1 saturated carbocycles. The Morgan fingerprint density at radius 1 is 1.33 bits per heavy atom. The minimum atomic E-state index is -0.156. The van der Waals surface area contributed by atoms with Crippen molar-refractivity contribution in [2.75, 3.05) is 0 Å². The number of hydrogen-bond donors (Lipinski definition) is 2. The van der Waals surface area contributed by atoms with E-state index in [1.807, 2.05) is 0 Å². The topological polar surface area (TPSA) is 66.2 Å². The van der Waals surface area contributed by atoms with Crippen molar-refractivity contribution in [3.8, 4) is 11.8 Å². The van der Waals surface area contributed by atoms with Crippen LogP contribution in [0, 0.1) is 5.92 Å². The average molecular weight is 166 g/mol. The number of rotatable bonds is 1. The lowest BCUT2D eigenvalue weighted by Gasteiger charge is -1.98.